The summed E-state index contributed by atoms with van der Waals surface area (Å²) in [4.78, 5) is 8.16. The van der Waals surface area contributed by atoms with Crippen molar-refractivity contribution in [2.45, 2.75) is 128 Å². The van der Waals surface area contributed by atoms with Crippen molar-refractivity contribution in [3.8, 4) is 0 Å². The van der Waals surface area contributed by atoms with Crippen molar-refractivity contribution in [3.05, 3.63) is 0 Å². The first-order valence-electron chi connectivity index (χ1n) is 11.5. The van der Waals surface area contributed by atoms with E-state index in [4.69, 9.17) is 4.99 Å². The minimum atomic E-state index is 0.572. The van der Waals surface area contributed by atoms with E-state index in [-0.39, 0.29) is 0 Å². The Kier molecular flexibility index (Phi) is 7.94. The van der Waals surface area contributed by atoms with Gasteiger partial charge in [-0.15, -0.1) is 0 Å². The Labute approximate surface area is 156 Å². The van der Waals surface area contributed by atoms with Gasteiger partial charge in [-0.1, -0.05) is 64.7 Å². The summed E-state index contributed by atoms with van der Waals surface area (Å²) in [5.74, 6) is 1.28. The number of nitrogens with one attached hydrogen (secondary N) is 1. The van der Waals surface area contributed by atoms with Gasteiger partial charge in [0.05, 0.1) is 6.04 Å². The summed E-state index contributed by atoms with van der Waals surface area (Å²) < 4.78 is 0. The maximum atomic E-state index is 5.36. The molecule has 1 N–H and O–H groups in total. The molecule has 3 rings (SSSR count). The number of hydrogen-bond acceptors (Lipinski definition) is 1. The topological polar surface area (TPSA) is 27.6 Å². The fraction of sp³-hybridized carbons (Fsp3) is 0.955. The molecule has 0 spiro atoms. The van der Waals surface area contributed by atoms with Crippen LogP contribution >= 0.6 is 0 Å². The van der Waals surface area contributed by atoms with Gasteiger partial charge in [-0.2, -0.15) is 0 Å². The van der Waals surface area contributed by atoms with Crippen LogP contribution in [0.1, 0.15) is 110 Å². The van der Waals surface area contributed by atoms with E-state index >= 15 is 0 Å². The van der Waals surface area contributed by atoms with Crippen molar-refractivity contribution in [2.24, 2.45) is 4.99 Å². The molecule has 0 amide bonds. The molecular formula is C22H41N3. The zero-order valence-electron chi connectivity index (χ0n) is 16.6. The van der Waals surface area contributed by atoms with Crippen LogP contribution in [0, 0.1) is 0 Å². The molecule has 3 nitrogen and oxygen atoms in total. The first kappa shape index (κ1) is 19.0. The van der Waals surface area contributed by atoms with E-state index in [1.54, 1.807) is 0 Å². The fourth-order valence-electron chi connectivity index (χ4n) is 5.19. The van der Waals surface area contributed by atoms with Gasteiger partial charge >= 0.3 is 0 Å². The van der Waals surface area contributed by atoms with Gasteiger partial charge in [-0.25, -0.2) is 4.99 Å². The van der Waals surface area contributed by atoms with Crippen molar-refractivity contribution < 1.29 is 0 Å². The van der Waals surface area contributed by atoms with E-state index < -0.39 is 0 Å². The molecule has 3 saturated carbocycles. The lowest BCUT2D eigenvalue weighted by atomic mass is 9.89. The van der Waals surface area contributed by atoms with E-state index in [1.165, 1.54) is 109 Å². The Morgan fingerprint density at radius 1 is 0.760 bits per heavy atom. The molecule has 3 aliphatic carbocycles. The molecule has 0 radical (unpaired) electrons. The molecule has 0 aromatic carbocycles. The van der Waals surface area contributed by atoms with E-state index in [2.05, 4.69) is 17.1 Å². The molecule has 0 aromatic rings. The van der Waals surface area contributed by atoms with Gasteiger partial charge in [0.2, 0.25) is 0 Å². The molecule has 0 bridgehead atoms. The molecular weight excluding hydrogens is 306 g/mol. The summed E-state index contributed by atoms with van der Waals surface area (Å²) in [6.07, 6.45) is 22.0. The second-order valence-corrected chi connectivity index (χ2v) is 8.66. The standard InChI is InChI=1S/C22H41N3/c1-2-18-23-22(24-19-12-6-3-7-13-19)25(20-14-8-4-9-15-20)21-16-10-5-11-17-21/h19-21H,2-18H2,1H3,(H,23,24). The lowest BCUT2D eigenvalue weighted by molar-refractivity contribution is 0.151. The highest BCUT2D eigenvalue weighted by atomic mass is 15.3. The van der Waals surface area contributed by atoms with Crippen molar-refractivity contribution >= 4 is 5.96 Å². The Morgan fingerprint density at radius 2 is 1.24 bits per heavy atom. The van der Waals surface area contributed by atoms with Crippen molar-refractivity contribution in [1.82, 2.24) is 10.2 Å². The highest BCUT2D eigenvalue weighted by Gasteiger charge is 2.31. The third-order valence-corrected chi connectivity index (χ3v) is 6.59. The number of guanidine groups is 1. The quantitative estimate of drug-likeness (QED) is 0.514. The highest BCUT2D eigenvalue weighted by Crippen LogP contribution is 2.31. The Morgan fingerprint density at radius 3 is 1.72 bits per heavy atom. The van der Waals surface area contributed by atoms with Crippen LogP contribution in [0.5, 0.6) is 0 Å². The fourth-order valence-corrected chi connectivity index (χ4v) is 5.19. The van der Waals surface area contributed by atoms with Crippen molar-refractivity contribution in [2.75, 3.05) is 6.54 Å². The van der Waals surface area contributed by atoms with Crippen molar-refractivity contribution in [1.29, 1.82) is 0 Å². The van der Waals surface area contributed by atoms with Gasteiger partial charge in [-0.05, 0) is 44.9 Å². The first-order valence-corrected chi connectivity index (χ1v) is 11.5. The second-order valence-electron chi connectivity index (χ2n) is 8.66. The summed E-state index contributed by atoms with van der Waals surface area (Å²) in [6.45, 7) is 3.35. The van der Waals surface area contributed by atoms with Crippen LogP contribution in [0.15, 0.2) is 4.99 Å². The molecule has 0 heterocycles. The van der Waals surface area contributed by atoms with Gasteiger partial charge in [-0.3, -0.25) is 0 Å². The molecule has 0 unspecified atom stereocenters. The number of hydrogen-bond donors (Lipinski definition) is 1. The minimum absolute atomic E-state index is 0.572. The Hall–Kier alpha value is -0.730. The minimum Gasteiger partial charge on any atom is -0.356 e. The maximum Gasteiger partial charge on any atom is 0.194 e. The van der Waals surface area contributed by atoms with Crippen LogP contribution in [0.4, 0.5) is 0 Å². The Bertz CT molecular complexity index is 370. The van der Waals surface area contributed by atoms with E-state index in [0.29, 0.717) is 6.04 Å². The van der Waals surface area contributed by atoms with Crippen LogP contribution in [-0.4, -0.2) is 35.5 Å². The van der Waals surface area contributed by atoms with Gasteiger partial charge in [0.25, 0.3) is 0 Å². The summed E-state index contributed by atoms with van der Waals surface area (Å²) in [7, 11) is 0. The molecule has 0 atom stereocenters. The second kappa shape index (κ2) is 10.4. The largest absolute Gasteiger partial charge is 0.356 e. The van der Waals surface area contributed by atoms with Crippen LogP contribution in [0.25, 0.3) is 0 Å². The third-order valence-electron chi connectivity index (χ3n) is 6.59. The molecule has 25 heavy (non-hydrogen) atoms. The average molecular weight is 348 g/mol. The summed E-state index contributed by atoms with van der Waals surface area (Å²) >= 11 is 0. The predicted molar refractivity (Wildman–Crippen MR) is 108 cm³/mol. The van der Waals surface area contributed by atoms with Gasteiger partial charge in [0.1, 0.15) is 0 Å². The average Bonchev–Trinajstić information content (AvgIpc) is 2.69. The summed E-state index contributed by atoms with van der Waals surface area (Å²) in [6, 6.07) is 2.05. The van der Waals surface area contributed by atoms with Crippen LogP contribution in [0.2, 0.25) is 0 Å². The van der Waals surface area contributed by atoms with Crippen molar-refractivity contribution in [3.63, 3.8) is 0 Å². The SMILES string of the molecule is CCCN/C(=N\C1CCCCC1)N(C1CCCCC1)C1CCCCC1. The van der Waals surface area contributed by atoms with Gasteiger partial charge in [0, 0.05) is 18.6 Å². The molecule has 3 fully saturated rings. The lowest BCUT2D eigenvalue weighted by Crippen LogP contribution is -2.54. The van der Waals surface area contributed by atoms with Gasteiger partial charge < -0.3 is 10.2 Å². The Balaban J connectivity index is 1.79. The number of rotatable bonds is 5. The molecule has 0 aliphatic heterocycles. The number of aliphatic imine (C=N–C) groups is 1. The number of nitrogens with zero attached hydrogens (tertiary/aromatic N) is 2. The third kappa shape index (κ3) is 5.62. The zero-order valence-corrected chi connectivity index (χ0v) is 16.6. The summed E-state index contributed by atoms with van der Waals surface area (Å²) in [5, 5.41) is 3.79. The van der Waals surface area contributed by atoms with Crippen LogP contribution < -0.4 is 5.32 Å². The first-order chi connectivity index (χ1) is 12.4. The molecule has 3 heteroatoms. The molecule has 0 aromatic heterocycles. The summed E-state index contributed by atoms with van der Waals surface area (Å²) in [5.41, 5.74) is 0. The monoisotopic (exact) mass is 347 g/mol. The lowest BCUT2D eigenvalue weighted by Gasteiger charge is -2.44. The zero-order chi connectivity index (χ0) is 17.3. The highest BCUT2D eigenvalue weighted by molar-refractivity contribution is 5.81. The van der Waals surface area contributed by atoms with E-state index in [1.807, 2.05) is 0 Å². The smallest absolute Gasteiger partial charge is 0.194 e. The van der Waals surface area contributed by atoms with Crippen LogP contribution in [-0.2, 0) is 0 Å². The van der Waals surface area contributed by atoms with E-state index in [0.717, 1.165) is 18.6 Å². The van der Waals surface area contributed by atoms with E-state index in [9.17, 15) is 0 Å². The molecule has 144 valence electrons. The predicted octanol–water partition coefficient (Wildman–Crippen LogP) is 5.64. The maximum absolute atomic E-state index is 5.36. The molecule has 0 saturated heterocycles. The van der Waals surface area contributed by atoms with Gasteiger partial charge in [0.15, 0.2) is 5.96 Å². The molecule has 3 aliphatic rings. The van der Waals surface area contributed by atoms with Crippen LogP contribution in [0.3, 0.4) is 0 Å². The normalized spacial score (nSPS) is 25.1.